The molecule has 0 unspecified atom stereocenters. The molecule has 0 aliphatic rings. The first-order valence-corrected chi connectivity index (χ1v) is 14.1. The molecule has 2 nitrogen and oxygen atoms in total. The molecule has 0 heterocycles. The van der Waals surface area contributed by atoms with E-state index in [1.54, 1.807) is 0 Å². The Balaban J connectivity index is 1.03. The maximum atomic E-state index is 4.73. The lowest BCUT2D eigenvalue weighted by molar-refractivity contribution is 1.51. The van der Waals surface area contributed by atoms with E-state index in [9.17, 15) is 0 Å². The van der Waals surface area contributed by atoms with E-state index in [0.717, 1.165) is 22.5 Å². The van der Waals surface area contributed by atoms with Gasteiger partial charge in [0.1, 0.15) is 0 Å². The fourth-order valence-electron chi connectivity index (χ4n) is 5.35. The summed E-state index contributed by atoms with van der Waals surface area (Å²) in [5.74, 6) is 0. The largest absolute Gasteiger partial charge is 0.256 e. The van der Waals surface area contributed by atoms with Gasteiger partial charge < -0.3 is 0 Å². The third-order valence-electron chi connectivity index (χ3n) is 7.64. The monoisotopic (exact) mass is 536 g/mol. The fraction of sp³-hybridized carbons (Fsp3) is 0. The summed E-state index contributed by atoms with van der Waals surface area (Å²) < 4.78 is 0. The Morgan fingerprint density at radius 2 is 0.643 bits per heavy atom. The zero-order valence-corrected chi connectivity index (χ0v) is 23.1. The highest BCUT2D eigenvalue weighted by Crippen LogP contribution is 2.28. The van der Waals surface area contributed by atoms with Crippen LogP contribution >= 0.6 is 0 Å². The second kappa shape index (κ2) is 11.5. The molecule has 0 N–H and O–H groups in total. The van der Waals surface area contributed by atoms with Crippen molar-refractivity contribution in [3.63, 3.8) is 0 Å². The molecule has 198 valence electrons. The molecule has 0 aliphatic heterocycles. The minimum atomic E-state index is 0.937. The highest BCUT2D eigenvalue weighted by Gasteiger charge is 2.03. The van der Waals surface area contributed by atoms with Crippen molar-refractivity contribution >= 4 is 45.3 Å². The van der Waals surface area contributed by atoms with Gasteiger partial charge in [-0.25, -0.2) is 0 Å². The van der Waals surface area contributed by atoms with Crippen molar-refractivity contribution in [3.05, 3.63) is 169 Å². The van der Waals surface area contributed by atoms with E-state index >= 15 is 0 Å². The van der Waals surface area contributed by atoms with Crippen LogP contribution in [0.2, 0.25) is 0 Å². The van der Waals surface area contributed by atoms with Gasteiger partial charge in [0.15, 0.2) is 0 Å². The normalized spacial score (nSPS) is 11.6. The van der Waals surface area contributed by atoms with Crippen LogP contribution in [0.4, 0.5) is 11.4 Å². The molecule has 0 bridgehead atoms. The summed E-state index contributed by atoms with van der Waals surface area (Å²) in [6.45, 7) is 0. The minimum Gasteiger partial charge on any atom is -0.256 e. The molecule has 0 saturated heterocycles. The van der Waals surface area contributed by atoms with Gasteiger partial charge in [0.05, 0.1) is 11.4 Å². The molecule has 7 rings (SSSR count). The van der Waals surface area contributed by atoms with Crippen molar-refractivity contribution in [2.45, 2.75) is 0 Å². The standard InChI is InChI=1S/C40H28N2/c1-3-13-39-33(7-1)9-5-11-35(39)27-41-37-23-19-31(20-24-37)29-15-17-30(18-16-29)32-21-25-38(26-22-32)42-28-36-12-6-10-34-8-2-4-14-40(34)36/h1-28H. The maximum absolute atomic E-state index is 4.73. The highest BCUT2D eigenvalue weighted by molar-refractivity contribution is 6.01. The van der Waals surface area contributed by atoms with Crippen molar-refractivity contribution in [1.82, 2.24) is 0 Å². The molecule has 0 radical (unpaired) electrons. The zero-order chi connectivity index (χ0) is 28.1. The summed E-state index contributed by atoms with van der Waals surface area (Å²) >= 11 is 0. The molecule has 0 aliphatic carbocycles. The van der Waals surface area contributed by atoms with E-state index < -0.39 is 0 Å². The van der Waals surface area contributed by atoms with Gasteiger partial charge in [0.25, 0.3) is 0 Å². The summed E-state index contributed by atoms with van der Waals surface area (Å²) in [6, 6.07) is 54.9. The quantitative estimate of drug-likeness (QED) is 0.189. The Hall–Kier alpha value is -5.60. The fourth-order valence-corrected chi connectivity index (χ4v) is 5.35. The number of benzene rings is 7. The van der Waals surface area contributed by atoms with Crippen LogP contribution in [0.3, 0.4) is 0 Å². The molecule has 42 heavy (non-hydrogen) atoms. The van der Waals surface area contributed by atoms with Crippen LogP contribution in [0.1, 0.15) is 11.1 Å². The smallest absolute Gasteiger partial charge is 0.0630 e. The predicted molar refractivity (Wildman–Crippen MR) is 180 cm³/mol. The molecule has 2 heteroatoms. The van der Waals surface area contributed by atoms with Gasteiger partial charge in [-0.3, -0.25) is 9.98 Å². The van der Waals surface area contributed by atoms with E-state index in [-0.39, 0.29) is 0 Å². The summed E-state index contributed by atoms with van der Waals surface area (Å²) in [5, 5.41) is 4.87. The van der Waals surface area contributed by atoms with Gasteiger partial charge in [-0.05, 0) is 68.1 Å². The number of aliphatic imine (C=N–C) groups is 2. The van der Waals surface area contributed by atoms with Gasteiger partial charge in [-0.1, -0.05) is 133 Å². The first-order valence-electron chi connectivity index (χ1n) is 14.1. The molecule has 0 spiro atoms. The topological polar surface area (TPSA) is 24.7 Å². The molecule has 7 aromatic rings. The minimum absolute atomic E-state index is 0.937. The lowest BCUT2D eigenvalue weighted by atomic mass is 10.00. The van der Waals surface area contributed by atoms with Crippen LogP contribution in [0, 0.1) is 0 Å². The number of hydrogen-bond acceptors (Lipinski definition) is 2. The van der Waals surface area contributed by atoms with Crippen LogP contribution in [0.15, 0.2) is 168 Å². The Labute approximate surface area is 246 Å². The third kappa shape index (κ3) is 5.39. The van der Waals surface area contributed by atoms with Crippen LogP contribution in [-0.2, 0) is 0 Å². The molecule has 0 saturated carbocycles. The Bertz CT molecular complexity index is 1890. The van der Waals surface area contributed by atoms with E-state index in [2.05, 4.69) is 158 Å². The second-order valence-electron chi connectivity index (χ2n) is 10.3. The summed E-state index contributed by atoms with van der Waals surface area (Å²) in [4.78, 5) is 9.46. The van der Waals surface area contributed by atoms with Crippen LogP contribution in [0.25, 0.3) is 43.8 Å². The summed E-state index contributed by atoms with van der Waals surface area (Å²) in [7, 11) is 0. The predicted octanol–water partition coefficient (Wildman–Crippen LogP) is 10.8. The van der Waals surface area contributed by atoms with Gasteiger partial charge in [0.2, 0.25) is 0 Å². The van der Waals surface area contributed by atoms with Crippen LogP contribution in [-0.4, -0.2) is 12.4 Å². The third-order valence-corrected chi connectivity index (χ3v) is 7.64. The first kappa shape index (κ1) is 25.4. The van der Waals surface area contributed by atoms with Gasteiger partial charge in [-0.15, -0.1) is 0 Å². The molecule has 0 aromatic heterocycles. The lowest BCUT2D eigenvalue weighted by Gasteiger charge is -2.06. The van der Waals surface area contributed by atoms with E-state index in [1.807, 2.05) is 12.4 Å². The number of fused-ring (bicyclic) bond motifs is 2. The molecular weight excluding hydrogens is 508 g/mol. The van der Waals surface area contributed by atoms with Gasteiger partial charge in [0, 0.05) is 23.6 Å². The second-order valence-corrected chi connectivity index (χ2v) is 10.3. The molecule has 0 atom stereocenters. The van der Waals surface area contributed by atoms with Crippen molar-refractivity contribution in [3.8, 4) is 22.3 Å². The first-order chi connectivity index (χ1) is 20.8. The van der Waals surface area contributed by atoms with Crippen molar-refractivity contribution in [1.29, 1.82) is 0 Å². The maximum Gasteiger partial charge on any atom is 0.0630 e. The molecular formula is C40H28N2. The van der Waals surface area contributed by atoms with Crippen molar-refractivity contribution in [2.24, 2.45) is 9.98 Å². The summed E-state index contributed by atoms with van der Waals surface area (Å²) in [5.41, 5.74) is 8.82. The molecule has 0 amide bonds. The molecule has 0 fully saturated rings. The van der Waals surface area contributed by atoms with E-state index in [1.165, 1.54) is 43.8 Å². The molecule has 7 aromatic carbocycles. The Morgan fingerprint density at radius 3 is 1.05 bits per heavy atom. The highest BCUT2D eigenvalue weighted by atomic mass is 14.7. The van der Waals surface area contributed by atoms with Crippen LogP contribution in [0.5, 0.6) is 0 Å². The number of rotatable bonds is 6. The summed E-state index contributed by atoms with van der Waals surface area (Å²) in [6.07, 6.45) is 3.90. The van der Waals surface area contributed by atoms with E-state index in [0.29, 0.717) is 0 Å². The Morgan fingerprint density at radius 1 is 0.310 bits per heavy atom. The van der Waals surface area contributed by atoms with E-state index in [4.69, 9.17) is 9.98 Å². The number of hydrogen-bond donors (Lipinski definition) is 0. The van der Waals surface area contributed by atoms with Crippen LogP contribution < -0.4 is 0 Å². The number of nitrogens with zero attached hydrogens (tertiary/aromatic N) is 2. The van der Waals surface area contributed by atoms with Crippen molar-refractivity contribution in [2.75, 3.05) is 0 Å². The van der Waals surface area contributed by atoms with Gasteiger partial charge in [-0.2, -0.15) is 0 Å². The Kier molecular flexibility index (Phi) is 6.94. The SMILES string of the molecule is C(=Nc1ccc(-c2ccc(-c3ccc(N=Cc4cccc5ccccc45)cc3)cc2)cc1)c1cccc2ccccc12. The average Bonchev–Trinajstić information content (AvgIpc) is 3.07. The average molecular weight is 537 g/mol. The van der Waals surface area contributed by atoms with Gasteiger partial charge >= 0.3 is 0 Å². The van der Waals surface area contributed by atoms with Crippen molar-refractivity contribution < 1.29 is 0 Å². The lowest BCUT2D eigenvalue weighted by Crippen LogP contribution is -1.84. The zero-order valence-electron chi connectivity index (χ0n) is 23.1.